The topological polar surface area (TPSA) is 83.9 Å². The van der Waals surface area contributed by atoms with Gasteiger partial charge in [0.1, 0.15) is 0 Å². The quantitative estimate of drug-likeness (QED) is 0.454. The number of hydroxylamine groups is 2. The van der Waals surface area contributed by atoms with Gasteiger partial charge in [-0.2, -0.15) is 5.06 Å². The number of esters is 1. The smallest absolute Gasteiger partial charge is 0.338 e. The molecule has 0 spiro atoms. The first-order chi connectivity index (χ1) is 8.09. The molecule has 17 heavy (non-hydrogen) atoms. The van der Waals surface area contributed by atoms with E-state index in [-0.39, 0.29) is 17.0 Å². The lowest BCUT2D eigenvalue weighted by Crippen LogP contribution is -2.30. The van der Waals surface area contributed by atoms with Crippen LogP contribution in [0.1, 0.15) is 16.8 Å². The fourth-order valence-electron chi connectivity index (χ4n) is 1.46. The fraction of sp³-hybridized carbons (Fsp3) is 0.182. The Kier molecular flexibility index (Phi) is 2.88. The molecule has 0 saturated carbocycles. The van der Waals surface area contributed by atoms with E-state index >= 15 is 0 Å². The molecule has 1 N–H and O–H groups in total. The van der Waals surface area contributed by atoms with Crippen molar-refractivity contribution in [3.8, 4) is 0 Å². The van der Waals surface area contributed by atoms with E-state index in [2.05, 4.69) is 0 Å². The highest BCUT2D eigenvalue weighted by molar-refractivity contribution is 6.05. The lowest BCUT2D eigenvalue weighted by molar-refractivity contribution is -0.173. The zero-order chi connectivity index (χ0) is 12.4. The maximum Gasteiger partial charge on any atom is 0.338 e. The molecule has 1 fully saturated rings. The molecular weight excluding hydrogens is 226 g/mol. The van der Waals surface area contributed by atoms with Crippen molar-refractivity contribution in [2.75, 3.05) is 0 Å². The number of amides is 2. The normalized spacial score (nSPS) is 19.6. The third-order valence-electron chi connectivity index (χ3n) is 2.34. The average Bonchev–Trinajstić information content (AvgIpc) is 2.58. The molecule has 1 aromatic rings. The predicted octanol–water partition coefficient (Wildman–Crippen LogP) is 0.360. The highest BCUT2D eigenvalue weighted by Crippen LogP contribution is 2.15. The zero-order valence-electron chi connectivity index (χ0n) is 8.70. The molecular formula is C11H9NO5. The molecule has 6 heteroatoms. The number of imide groups is 1. The lowest BCUT2D eigenvalue weighted by atomic mass is 10.2. The Hall–Kier alpha value is -2.21. The number of hydrogen-bond donors (Lipinski definition) is 1. The zero-order valence-corrected chi connectivity index (χ0v) is 8.70. The lowest BCUT2D eigenvalue weighted by Gasteiger charge is -2.09. The molecule has 0 unspecified atom stereocenters. The van der Waals surface area contributed by atoms with Crippen LogP contribution in [0.5, 0.6) is 0 Å². The number of benzene rings is 1. The Morgan fingerprint density at radius 3 is 2.47 bits per heavy atom. The summed E-state index contributed by atoms with van der Waals surface area (Å²) in [4.78, 5) is 33.8. The van der Waals surface area contributed by atoms with E-state index in [1.807, 2.05) is 0 Å². The maximum atomic E-state index is 11.6. The van der Waals surface area contributed by atoms with Crippen LogP contribution in [-0.4, -0.2) is 34.2 Å². The molecule has 0 aromatic heterocycles. The van der Waals surface area contributed by atoms with E-state index in [0.717, 1.165) is 0 Å². The third kappa shape index (κ3) is 2.16. The van der Waals surface area contributed by atoms with Gasteiger partial charge < -0.3 is 4.74 Å². The van der Waals surface area contributed by atoms with Crippen molar-refractivity contribution in [2.24, 2.45) is 0 Å². The van der Waals surface area contributed by atoms with E-state index in [1.54, 1.807) is 18.2 Å². The number of carbonyl (C=O) groups excluding carboxylic acids is 3. The van der Waals surface area contributed by atoms with Gasteiger partial charge in [0.15, 0.2) is 6.10 Å². The summed E-state index contributed by atoms with van der Waals surface area (Å²) in [5.41, 5.74) is 0.282. The number of rotatable bonds is 2. The largest absolute Gasteiger partial charge is 0.448 e. The molecule has 1 heterocycles. The minimum absolute atomic E-state index is 0.0249. The molecule has 1 aliphatic rings. The summed E-state index contributed by atoms with van der Waals surface area (Å²) in [7, 11) is 0. The Morgan fingerprint density at radius 2 is 1.94 bits per heavy atom. The van der Waals surface area contributed by atoms with Crippen molar-refractivity contribution >= 4 is 17.8 Å². The van der Waals surface area contributed by atoms with Crippen molar-refractivity contribution in [1.29, 1.82) is 0 Å². The molecule has 0 radical (unpaired) electrons. The minimum atomic E-state index is -1.24. The van der Waals surface area contributed by atoms with E-state index in [1.165, 1.54) is 12.1 Å². The fourth-order valence-corrected chi connectivity index (χ4v) is 1.46. The van der Waals surface area contributed by atoms with Crippen LogP contribution in [0.4, 0.5) is 0 Å². The number of nitrogens with zero attached hydrogens (tertiary/aromatic N) is 1. The molecule has 2 rings (SSSR count). The Labute approximate surface area is 96.4 Å². The van der Waals surface area contributed by atoms with Gasteiger partial charge in [-0.05, 0) is 12.1 Å². The number of carbonyl (C=O) groups is 3. The minimum Gasteiger partial charge on any atom is -0.448 e. The van der Waals surface area contributed by atoms with Crippen molar-refractivity contribution in [2.45, 2.75) is 12.5 Å². The summed E-state index contributed by atoms with van der Waals surface area (Å²) in [5, 5.41) is 8.94. The second-order valence-electron chi connectivity index (χ2n) is 3.51. The number of ether oxygens (including phenoxy) is 1. The van der Waals surface area contributed by atoms with Gasteiger partial charge in [0.05, 0.1) is 12.0 Å². The van der Waals surface area contributed by atoms with Gasteiger partial charge in [0, 0.05) is 0 Å². The van der Waals surface area contributed by atoms with Crippen LogP contribution in [0, 0.1) is 0 Å². The summed E-state index contributed by atoms with van der Waals surface area (Å²) in [6.45, 7) is 0. The Bertz CT molecular complexity index is 470. The van der Waals surface area contributed by atoms with Crippen molar-refractivity contribution in [3.05, 3.63) is 35.9 Å². The SMILES string of the molecule is O=C(O[C@@H]1CC(=O)N(O)C1=O)c1ccccc1. The molecule has 2 amide bonds. The molecule has 6 nitrogen and oxygen atoms in total. The van der Waals surface area contributed by atoms with Crippen LogP contribution < -0.4 is 0 Å². The van der Waals surface area contributed by atoms with Crippen LogP contribution in [0.3, 0.4) is 0 Å². The highest BCUT2D eigenvalue weighted by Gasteiger charge is 2.40. The first-order valence-corrected chi connectivity index (χ1v) is 4.91. The van der Waals surface area contributed by atoms with Gasteiger partial charge in [-0.1, -0.05) is 18.2 Å². The van der Waals surface area contributed by atoms with Gasteiger partial charge in [-0.25, -0.2) is 4.79 Å². The average molecular weight is 235 g/mol. The molecule has 0 bridgehead atoms. The van der Waals surface area contributed by atoms with Gasteiger partial charge in [0.2, 0.25) is 0 Å². The summed E-state index contributed by atoms with van der Waals surface area (Å²) >= 11 is 0. The third-order valence-corrected chi connectivity index (χ3v) is 2.34. The van der Waals surface area contributed by atoms with E-state index in [0.29, 0.717) is 0 Å². The molecule has 1 aromatic carbocycles. The summed E-state index contributed by atoms with van der Waals surface area (Å²) < 4.78 is 4.84. The molecule has 1 saturated heterocycles. The van der Waals surface area contributed by atoms with E-state index in [9.17, 15) is 14.4 Å². The number of hydrogen-bond acceptors (Lipinski definition) is 5. The van der Waals surface area contributed by atoms with E-state index in [4.69, 9.17) is 9.94 Å². The predicted molar refractivity (Wildman–Crippen MR) is 53.9 cm³/mol. The van der Waals surface area contributed by atoms with Crippen molar-refractivity contribution in [1.82, 2.24) is 5.06 Å². The van der Waals surface area contributed by atoms with Gasteiger partial charge in [0.25, 0.3) is 11.8 Å². The van der Waals surface area contributed by atoms with Gasteiger partial charge >= 0.3 is 5.97 Å². The van der Waals surface area contributed by atoms with Crippen LogP contribution in [0.25, 0.3) is 0 Å². The molecule has 1 atom stereocenters. The van der Waals surface area contributed by atoms with E-state index < -0.39 is 23.9 Å². The van der Waals surface area contributed by atoms with Crippen molar-refractivity contribution in [3.63, 3.8) is 0 Å². The first-order valence-electron chi connectivity index (χ1n) is 4.91. The summed E-state index contributed by atoms with van der Waals surface area (Å²) in [6.07, 6.45) is -1.56. The van der Waals surface area contributed by atoms with Gasteiger partial charge in [-0.3, -0.25) is 14.8 Å². The van der Waals surface area contributed by atoms with Crippen LogP contribution in [0.2, 0.25) is 0 Å². The van der Waals surface area contributed by atoms with Crippen LogP contribution in [0.15, 0.2) is 30.3 Å². The summed E-state index contributed by atoms with van der Waals surface area (Å²) in [6, 6.07) is 8.09. The first kappa shape index (κ1) is 11.3. The van der Waals surface area contributed by atoms with Crippen LogP contribution in [-0.2, 0) is 14.3 Å². The maximum absolute atomic E-state index is 11.6. The van der Waals surface area contributed by atoms with Crippen LogP contribution >= 0.6 is 0 Å². The second kappa shape index (κ2) is 4.34. The monoisotopic (exact) mass is 235 g/mol. The molecule has 88 valence electrons. The second-order valence-corrected chi connectivity index (χ2v) is 3.51. The van der Waals surface area contributed by atoms with Crippen molar-refractivity contribution < 1.29 is 24.3 Å². The molecule has 0 aliphatic carbocycles. The molecule has 1 aliphatic heterocycles. The Morgan fingerprint density at radius 1 is 1.29 bits per heavy atom. The summed E-state index contributed by atoms with van der Waals surface area (Å²) in [5.74, 6) is -2.40. The highest BCUT2D eigenvalue weighted by atomic mass is 16.6. The standard InChI is InChI=1S/C11H9NO5/c13-9-6-8(10(14)12(9)16)17-11(15)7-4-2-1-3-5-7/h1-5,8,16H,6H2/t8-/m1/s1. The van der Waals surface area contributed by atoms with Gasteiger partial charge in [-0.15, -0.1) is 0 Å². The Balaban J connectivity index is 2.06.